The average Bonchev–Trinajstić information content (AvgIpc) is 3.65. The molecule has 3 aromatic rings. The number of carbonyl (C=O) groups is 9. The van der Waals surface area contributed by atoms with Crippen LogP contribution in [0.25, 0.3) is 10.9 Å². The van der Waals surface area contributed by atoms with Crippen molar-refractivity contribution in [2.24, 2.45) is 23.3 Å². The molecule has 0 aliphatic rings. The maximum absolute atomic E-state index is 13.5. The van der Waals surface area contributed by atoms with Crippen molar-refractivity contribution in [2.45, 2.75) is 95.4 Å². The molecular formula is C43H59N9O13. The highest BCUT2D eigenvalue weighted by Crippen LogP contribution is 2.19. The summed E-state index contributed by atoms with van der Waals surface area (Å²) in [7, 11) is 0. The van der Waals surface area contributed by atoms with Crippen molar-refractivity contribution in [3.05, 3.63) is 65.9 Å². The van der Waals surface area contributed by atoms with E-state index in [0.717, 1.165) is 16.5 Å². The van der Waals surface area contributed by atoms with Crippen LogP contribution in [0.4, 0.5) is 0 Å². The Morgan fingerprint density at radius 3 is 1.92 bits per heavy atom. The number of amides is 6. The fourth-order valence-corrected chi connectivity index (χ4v) is 6.68. The van der Waals surface area contributed by atoms with Crippen LogP contribution in [0.3, 0.4) is 0 Å². The van der Waals surface area contributed by atoms with E-state index >= 15 is 0 Å². The normalized spacial score (nSPS) is 13.9. The van der Waals surface area contributed by atoms with E-state index in [2.05, 4.69) is 36.9 Å². The maximum atomic E-state index is 13.5. The van der Waals surface area contributed by atoms with Gasteiger partial charge in [0.25, 0.3) is 0 Å². The summed E-state index contributed by atoms with van der Waals surface area (Å²) in [6.45, 7) is 2.26. The second-order valence-electron chi connectivity index (χ2n) is 15.9. The lowest BCUT2D eigenvalue weighted by Crippen LogP contribution is -2.57. The van der Waals surface area contributed by atoms with Gasteiger partial charge in [-0.3, -0.25) is 38.4 Å². The fourth-order valence-electron chi connectivity index (χ4n) is 6.68. The Morgan fingerprint density at radius 1 is 0.677 bits per heavy atom. The lowest BCUT2D eigenvalue weighted by molar-refractivity contribution is -0.147. The van der Waals surface area contributed by atoms with E-state index in [0.29, 0.717) is 12.0 Å². The summed E-state index contributed by atoms with van der Waals surface area (Å²) in [5.41, 5.74) is 13.9. The van der Waals surface area contributed by atoms with Crippen LogP contribution in [0.1, 0.15) is 63.5 Å². The van der Waals surface area contributed by atoms with Gasteiger partial charge in [-0.2, -0.15) is 0 Å². The van der Waals surface area contributed by atoms with Crippen LogP contribution in [-0.4, -0.2) is 129 Å². The number of carboxylic acid groups (broad SMARTS) is 3. The molecule has 1 heterocycles. The molecule has 65 heavy (non-hydrogen) atoms. The van der Waals surface area contributed by atoms with Gasteiger partial charge in [-0.05, 0) is 80.3 Å². The first-order valence-corrected chi connectivity index (χ1v) is 21.0. The Morgan fingerprint density at radius 2 is 1.31 bits per heavy atom. The minimum Gasteiger partial charge on any atom is -0.508 e. The molecule has 354 valence electrons. The molecule has 15 N–H and O–H groups in total. The fraction of sp³-hybridized carbons (Fsp3) is 0.465. The number of unbranched alkanes of at least 4 members (excludes halogenated alkanes) is 1. The molecule has 22 nitrogen and oxygen atoms in total. The maximum Gasteiger partial charge on any atom is 0.326 e. The molecule has 0 aliphatic heterocycles. The lowest BCUT2D eigenvalue weighted by atomic mass is 10.0. The van der Waals surface area contributed by atoms with Crippen molar-refractivity contribution in [3.63, 3.8) is 0 Å². The number of aromatic hydroxyl groups is 1. The number of phenolic OH excluding ortho intramolecular Hbond substituents is 1. The molecule has 22 heteroatoms. The van der Waals surface area contributed by atoms with Crippen molar-refractivity contribution < 1.29 is 63.6 Å². The Labute approximate surface area is 374 Å². The van der Waals surface area contributed by atoms with Crippen molar-refractivity contribution in [1.29, 1.82) is 0 Å². The molecule has 6 atom stereocenters. The van der Waals surface area contributed by atoms with Gasteiger partial charge in [0, 0.05) is 36.5 Å². The van der Waals surface area contributed by atoms with Gasteiger partial charge in [-0.1, -0.05) is 44.2 Å². The zero-order chi connectivity index (χ0) is 48.2. The third-order valence-electron chi connectivity index (χ3n) is 10.2. The average molecular weight is 910 g/mol. The predicted octanol–water partition coefficient (Wildman–Crippen LogP) is -1.02. The summed E-state index contributed by atoms with van der Waals surface area (Å²) < 4.78 is 0. The van der Waals surface area contributed by atoms with Crippen molar-refractivity contribution >= 4 is 64.3 Å². The standard InChI is InChI=1S/C43H59N9O13/c1-23(2)17-33(51-38(58)29(45)19-25-20-46-30-8-4-3-7-27(25)30)39(59)47-21-28(42(62)63)37(57)48-22-35(54)49-31(9-5-6-16-44)40(60)50-32(14-15-36(55)56)41(61)52-34(43(64)65)18-24-10-12-26(53)13-11-24/h3-4,7-8,10-13,20,23,28-29,31-34,46,53H,5-6,9,14-19,21-22,44-45H2,1-2H3,(H,47,59)(H,48,57)(H,49,54)(H,50,60)(H,51,58)(H,52,61)(H,55,56)(H,62,63)(H,64,65)/t28-,29-,31-,32-,33-,34-/m0/s1. The molecule has 0 saturated heterocycles. The third kappa shape index (κ3) is 17.6. The molecule has 3 rings (SSSR count). The van der Waals surface area contributed by atoms with E-state index in [9.17, 15) is 63.6 Å². The number of hydrogen-bond acceptors (Lipinski definition) is 12. The Balaban J connectivity index is 1.63. The van der Waals surface area contributed by atoms with E-state index in [4.69, 9.17) is 11.5 Å². The highest BCUT2D eigenvalue weighted by molar-refractivity contribution is 6.00. The van der Waals surface area contributed by atoms with Crippen LogP contribution in [0.5, 0.6) is 5.75 Å². The molecule has 0 unspecified atom stereocenters. The van der Waals surface area contributed by atoms with Gasteiger partial charge in [0.2, 0.25) is 35.4 Å². The minimum atomic E-state index is -1.90. The van der Waals surface area contributed by atoms with Crippen LogP contribution in [0.15, 0.2) is 54.7 Å². The summed E-state index contributed by atoms with van der Waals surface area (Å²) in [4.78, 5) is 118. The lowest BCUT2D eigenvalue weighted by Gasteiger charge is -2.24. The number of aromatic nitrogens is 1. The summed E-state index contributed by atoms with van der Waals surface area (Å²) in [5.74, 6) is -12.0. The highest BCUT2D eigenvalue weighted by Gasteiger charge is 2.33. The van der Waals surface area contributed by atoms with Gasteiger partial charge in [-0.25, -0.2) is 4.79 Å². The number of aliphatic carboxylic acids is 3. The third-order valence-corrected chi connectivity index (χ3v) is 10.2. The summed E-state index contributed by atoms with van der Waals surface area (Å²) >= 11 is 0. The van der Waals surface area contributed by atoms with E-state index in [-0.39, 0.29) is 50.3 Å². The first-order valence-electron chi connectivity index (χ1n) is 21.0. The molecule has 0 aliphatic carbocycles. The Hall–Kier alpha value is -7.07. The predicted molar refractivity (Wildman–Crippen MR) is 234 cm³/mol. The second-order valence-corrected chi connectivity index (χ2v) is 15.9. The van der Waals surface area contributed by atoms with Gasteiger partial charge in [0.1, 0.15) is 29.9 Å². The van der Waals surface area contributed by atoms with Crippen molar-refractivity contribution in [1.82, 2.24) is 36.9 Å². The van der Waals surface area contributed by atoms with E-state index in [1.165, 1.54) is 24.3 Å². The second kappa shape index (κ2) is 25.9. The Bertz CT molecular complexity index is 2140. The molecule has 0 bridgehead atoms. The van der Waals surface area contributed by atoms with Gasteiger partial charge < -0.3 is 68.8 Å². The zero-order valence-electron chi connectivity index (χ0n) is 36.1. The number of para-hydroxylation sites is 1. The number of phenols is 1. The number of nitrogens with one attached hydrogen (secondary N) is 7. The monoisotopic (exact) mass is 909 g/mol. The van der Waals surface area contributed by atoms with Crippen molar-refractivity contribution in [3.8, 4) is 5.75 Å². The number of H-pyrrole nitrogens is 1. The quantitative estimate of drug-likeness (QED) is 0.0306. The number of carboxylic acids is 3. The number of aromatic amines is 1. The molecule has 0 saturated carbocycles. The van der Waals surface area contributed by atoms with Gasteiger partial charge in [0.05, 0.1) is 12.6 Å². The van der Waals surface area contributed by atoms with Gasteiger partial charge in [0.15, 0.2) is 5.92 Å². The summed E-state index contributed by atoms with van der Waals surface area (Å²) in [6, 6.07) is 6.33. The number of nitrogens with two attached hydrogens (primary N) is 2. The summed E-state index contributed by atoms with van der Waals surface area (Å²) in [6.07, 6.45) is 1.40. The molecule has 0 spiro atoms. The first-order chi connectivity index (χ1) is 30.8. The van der Waals surface area contributed by atoms with Crippen LogP contribution in [-0.2, 0) is 56.0 Å². The Kier molecular flexibility index (Phi) is 20.8. The van der Waals surface area contributed by atoms with E-state index in [1.54, 1.807) is 20.0 Å². The number of benzene rings is 2. The van der Waals surface area contributed by atoms with Crippen LogP contribution >= 0.6 is 0 Å². The molecule has 6 amide bonds. The number of rotatable bonds is 28. The van der Waals surface area contributed by atoms with Gasteiger partial charge in [-0.15, -0.1) is 0 Å². The molecule has 2 aromatic carbocycles. The molecule has 1 aromatic heterocycles. The summed E-state index contributed by atoms with van der Waals surface area (Å²) in [5, 5.41) is 53.6. The zero-order valence-corrected chi connectivity index (χ0v) is 36.1. The number of carbonyl (C=O) groups excluding carboxylic acids is 6. The number of hydrogen-bond donors (Lipinski definition) is 13. The molecule has 0 fully saturated rings. The highest BCUT2D eigenvalue weighted by atomic mass is 16.4. The molecular weight excluding hydrogens is 851 g/mol. The van der Waals surface area contributed by atoms with Crippen molar-refractivity contribution in [2.75, 3.05) is 19.6 Å². The van der Waals surface area contributed by atoms with E-state index in [1.807, 2.05) is 24.3 Å². The SMILES string of the molecule is CC(C)C[C@H](NC(=O)[C@@H](N)Cc1c[nH]c2ccccc12)C(=O)NC[C@H](C(=O)O)C(=O)NCC(=O)N[C@@H](CCCCN)C(=O)N[C@@H](CCC(=O)O)C(=O)N[C@@H](Cc1ccc(O)cc1)C(=O)O. The molecule has 0 radical (unpaired) electrons. The van der Waals surface area contributed by atoms with Gasteiger partial charge >= 0.3 is 17.9 Å². The minimum absolute atomic E-state index is 0.0413. The van der Waals surface area contributed by atoms with Crippen LogP contribution in [0, 0.1) is 11.8 Å². The first kappa shape index (κ1) is 52.3. The number of fused-ring (bicyclic) bond motifs is 1. The topological polar surface area (TPSA) is 375 Å². The largest absolute Gasteiger partial charge is 0.508 e. The van der Waals surface area contributed by atoms with Crippen LogP contribution < -0.4 is 43.4 Å². The smallest absolute Gasteiger partial charge is 0.326 e. The van der Waals surface area contributed by atoms with Crippen LogP contribution in [0.2, 0.25) is 0 Å². The van der Waals surface area contributed by atoms with E-state index < -0.39 is 115 Å².